The van der Waals surface area contributed by atoms with Crippen LogP contribution in [-0.2, 0) is 16.3 Å². The zero-order valence-electron chi connectivity index (χ0n) is 10.9. The first-order valence-electron chi connectivity index (χ1n) is 6.31. The molecule has 7 nitrogen and oxygen atoms in total. The van der Waals surface area contributed by atoms with E-state index in [2.05, 4.69) is 20.7 Å². The Bertz CT molecular complexity index is 524. The molecule has 1 fully saturated rings. The van der Waals surface area contributed by atoms with E-state index >= 15 is 0 Å². The number of sulfone groups is 1. The number of hydrogen-bond donors (Lipinski definition) is 3. The number of nitrogens with one attached hydrogen (secondary N) is 2. The zero-order chi connectivity index (χ0) is 13.9. The van der Waals surface area contributed by atoms with Crippen LogP contribution in [0.4, 0.5) is 11.6 Å². The molecule has 1 atom stereocenters. The van der Waals surface area contributed by atoms with Gasteiger partial charge in [0.2, 0.25) is 0 Å². The van der Waals surface area contributed by atoms with Gasteiger partial charge in [0.15, 0.2) is 9.84 Å². The van der Waals surface area contributed by atoms with Gasteiger partial charge in [-0.2, -0.15) is 0 Å². The van der Waals surface area contributed by atoms with E-state index in [9.17, 15) is 8.42 Å². The highest BCUT2D eigenvalue weighted by atomic mass is 32.2. The fourth-order valence-electron chi connectivity index (χ4n) is 2.10. The quantitative estimate of drug-likeness (QED) is 0.522. The number of nitrogen functional groups attached to an aromatic ring is 1. The summed E-state index contributed by atoms with van der Waals surface area (Å²) in [6, 6.07) is 1.71. The summed E-state index contributed by atoms with van der Waals surface area (Å²) < 4.78 is 22.7. The summed E-state index contributed by atoms with van der Waals surface area (Å²) in [5, 5.41) is 3.16. The number of rotatable bonds is 5. The van der Waals surface area contributed by atoms with Gasteiger partial charge in [-0.05, 0) is 12.3 Å². The predicted octanol–water partition coefficient (Wildman–Crippen LogP) is 0.171. The molecule has 0 saturated carbocycles. The van der Waals surface area contributed by atoms with Gasteiger partial charge < -0.3 is 10.7 Å². The van der Waals surface area contributed by atoms with Crippen LogP contribution >= 0.6 is 0 Å². The van der Waals surface area contributed by atoms with Gasteiger partial charge >= 0.3 is 0 Å². The van der Waals surface area contributed by atoms with Crippen LogP contribution in [0.5, 0.6) is 0 Å². The number of aromatic nitrogens is 2. The molecule has 1 aromatic rings. The number of anilines is 2. The Morgan fingerprint density at radius 3 is 2.74 bits per heavy atom. The first-order chi connectivity index (χ1) is 9.02. The first-order valence-corrected chi connectivity index (χ1v) is 8.13. The van der Waals surface area contributed by atoms with Gasteiger partial charge in [0.05, 0.1) is 11.5 Å². The van der Waals surface area contributed by atoms with E-state index in [1.807, 2.05) is 6.92 Å². The summed E-state index contributed by atoms with van der Waals surface area (Å²) in [5.41, 5.74) is 2.50. The highest BCUT2D eigenvalue weighted by Crippen LogP contribution is 2.19. The van der Waals surface area contributed by atoms with Crippen molar-refractivity contribution in [3.8, 4) is 0 Å². The Labute approximate surface area is 112 Å². The molecular weight excluding hydrogens is 266 g/mol. The highest BCUT2D eigenvalue weighted by molar-refractivity contribution is 7.91. The lowest BCUT2D eigenvalue weighted by Crippen LogP contribution is -2.17. The monoisotopic (exact) mass is 285 g/mol. The highest BCUT2D eigenvalue weighted by Gasteiger charge is 2.27. The van der Waals surface area contributed by atoms with Gasteiger partial charge in [-0.1, -0.05) is 6.92 Å². The van der Waals surface area contributed by atoms with Crippen LogP contribution in [0.3, 0.4) is 0 Å². The van der Waals surface area contributed by atoms with Crippen molar-refractivity contribution in [2.45, 2.75) is 19.8 Å². The second kappa shape index (κ2) is 5.70. The SMILES string of the molecule is CCc1nc(NN)cc(NCC2CCS(=O)(=O)C2)n1. The van der Waals surface area contributed by atoms with Crippen molar-refractivity contribution < 1.29 is 8.42 Å². The fraction of sp³-hybridized carbons (Fsp3) is 0.636. The van der Waals surface area contributed by atoms with Crippen LogP contribution < -0.4 is 16.6 Å². The number of nitrogens with two attached hydrogens (primary N) is 1. The molecule has 1 aliphatic heterocycles. The molecule has 1 aromatic heterocycles. The van der Waals surface area contributed by atoms with E-state index in [1.54, 1.807) is 6.07 Å². The number of hydrogen-bond acceptors (Lipinski definition) is 7. The summed E-state index contributed by atoms with van der Waals surface area (Å²) in [6.07, 6.45) is 1.42. The lowest BCUT2D eigenvalue weighted by molar-refractivity contribution is 0.595. The Kier molecular flexibility index (Phi) is 4.20. The molecule has 0 amide bonds. The molecule has 2 heterocycles. The molecule has 0 bridgehead atoms. The average Bonchev–Trinajstić information content (AvgIpc) is 2.75. The zero-order valence-corrected chi connectivity index (χ0v) is 11.7. The minimum absolute atomic E-state index is 0.152. The van der Waals surface area contributed by atoms with Gasteiger partial charge in [-0.3, -0.25) is 0 Å². The van der Waals surface area contributed by atoms with Crippen LogP contribution in [0.15, 0.2) is 6.07 Å². The molecule has 4 N–H and O–H groups in total. The Morgan fingerprint density at radius 1 is 1.42 bits per heavy atom. The van der Waals surface area contributed by atoms with Crippen molar-refractivity contribution in [3.05, 3.63) is 11.9 Å². The topological polar surface area (TPSA) is 110 Å². The van der Waals surface area contributed by atoms with Crippen LogP contribution in [0.2, 0.25) is 0 Å². The normalized spacial score (nSPS) is 21.3. The van der Waals surface area contributed by atoms with Crippen molar-refractivity contribution >= 4 is 21.5 Å². The summed E-state index contributed by atoms with van der Waals surface area (Å²) in [4.78, 5) is 8.52. The van der Waals surface area contributed by atoms with Gasteiger partial charge in [-0.15, -0.1) is 0 Å². The Balaban J connectivity index is 1.99. The molecular formula is C11H19N5O2S. The molecule has 1 aliphatic rings. The van der Waals surface area contributed by atoms with Gasteiger partial charge in [0, 0.05) is 19.0 Å². The lowest BCUT2D eigenvalue weighted by atomic mass is 10.1. The average molecular weight is 285 g/mol. The van der Waals surface area contributed by atoms with E-state index in [0.29, 0.717) is 42.6 Å². The predicted molar refractivity (Wildman–Crippen MR) is 74.5 cm³/mol. The van der Waals surface area contributed by atoms with Crippen molar-refractivity contribution in [1.82, 2.24) is 9.97 Å². The van der Waals surface area contributed by atoms with Crippen molar-refractivity contribution in [2.24, 2.45) is 11.8 Å². The van der Waals surface area contributed by atoms with Crippen LogP contribution in [-0.4, -0.2) is 36.4 Å². The van der Waals surface area contributed by atoms with E-state index in [4.69, 9.17) is 5.84 Å². The molecule has 0 aliphatic carbocycles. The summed E-state index contributed by atoms with van der Waals surface area (Å²) >= 11 is 0. The molecule has 1 saturated heterocycles. The summed E-state index contributed by atoms with van der Waals surface area (Å²) in [5.74, 6) is 7.96. The molecule has 0 aromatic carbocycles. The number of aryl methyl sites for hydroxylation is 1. The maximum Gasteiger partial charge on any atom is 0.150 e. The fourth-order valence-corrected chi connectivity index (χ4v) is 3.96. The van der Waals surface area contributed by atoms with E-state index in [-0.39, 0.29) is 11.7 Å². The smallest absolute Gasteiger partial charge is 0.150 e. The maximum absolute atomic E-state index is 11.4. The summed E-state index contributed by atoms with van der Waals surface area (Å²) in [6.45, 7) is 2.56. The number of nitrogens with zero attached hydrogens (tertiary/aromatic N) is 2. The largest absolute Gasteiger partial charge is 0.370 e. The molecule has 106 valence electrons. The molecule has 0 radical (unpaired) electrons. The minimum atomic E-state index is -2.83. The van der Waals surface area contributed by atoms with Gasteiger partial charge in [0.1, 0.15) is 17.5 Å². The van der Waals surface area contributed by atoms with E-state index in [0.717, 1.165) is 0 Å². The second-order valence-corrected chi connectivity index (χ2v) is 6.93. The Morgan fingerprint density at radius 2 is 2.16 bits per heavy atom. The van der Waals surface area contributed by atoms with Gasteiger partial charge in [-0.25, -0.2) is 24.2 Å². The van der Waals surface area contributed by atoms with Crippen LogP contribution in [0, 0.1) is 5.92 Å². The van der Waals surface area contributed by atoms with E-state index in [1.165, 1.54) is 0 Å². The van der Waals surface area contributed by atoms with E-state index < -0.39 is 9.84 Å². The lowest BCUT2D eigenvalue weighted by Gasteiger charge is -2.12. The Hall–Kier alpha value is -1.41. The van der Waals surface area contributed by atoms with Crippen molar-refractivity contribution in [3.63, 3.8) is 0 Å². The molecule has 19 heavy (non-hydrogen) atoms. The molecule has 2 rings (SSSR count). The minimum Gasteiger partial charge on any atom is -0.370 e. The van der Waals surface area contributed by atoms with Crippen LogP contribution in [0.25, 0.3) is 0 Å². The maximum atomic E-state index is 11.4. The summed E-state index contributed by atoms with van der Waals surface area (Å²) in [7, 11) is -2.83. The molecule has 8 heteroatoms. The van der Waals surface area contributed by atoms with Crippen molar-refractivity contribution in [1.29, 1.82) is 0 Å². The van der Waals surface area contributed by atoms with Crippen molar-refractivity contribution in [2.75, 3.05) is 28.8 Å². The molecule has 1 unspecified atom stereocenters. The first kappa shape index (κ1) is 14.0. The third-order valence-corrected chi connectivity index (χ3v) is 4.97. The molecule has 0 spiro atoms. The third kappa shape index (κ3) is 3.77. The second-order valence-electron chi connectivity index (χ2n) is 4.70. The van der Waals surface area contributed by atoms with Gasteiger partial charge in [0.25, 0.3) is 0 Å². The van der Waals surface area contributed by atoms with Crippen LogP contribution in [0.1, 0.15) is 19.2 Å². The number of hydrazine groups is 1. The standard InChI is InChI=1S/C11H19N5O2S/c1-2-9-14-10(5-11(15-9)16-12)13-6-8-3-4-19(17,18)7-8/h5,8H,2-4,6-7,12H2,1H3,(H2,13,14,15,16). The third-order valence-electron chi connectivity index (χ3n) is 3.14.